The Morgan fingerprint density at radius 2 is 2.37 bits per heavy atom. The SMILES string of the molecule is O=C(NCC1CSCCS1)c1ccc2cc[nH]c2n1. The van der Waals surface area contributed by atoms with E-state index in [1.165, 1.54) is 11.5 Å². The molecule has 1 amide bonds. The molecule has 2 aromatic heterocycles. The number of pyridine rings is 1. The minimum absolute atomic E-state index is 0.0901. The number of thioether (sulfide) groups is 2. The molecule has 0 aliphatic carbocycles. The van der Waals surface area contributed by atoms with Gasteiger partial charge in [-0.05, 0) is 18.2 Å². The fraction of sp³-hybridized carbons (Fsp3) is 0.385. The van der Waals surface area contributed by atoms with Crippen molar-refractivity contribution in [3.8, 4) is 0 Å². The molecule has 4 nitrogen and oxygen atoms in total. The van der Waals surface area contributed by atoms with Gasteiger partial charge in [0.1, 0.15) is 11.3 Å². The summed E-state index contributed by atoms with van der Waals surface area (Å²) < 4.78 is 0. The van der Waals surface area contributed by atoms with Gasteiger partial charge in [-0.25, -0.2) is 4.98 Å². The quantitative estimate of drug-likeness (QED) is 0.910. The number of amides is 1. The monoisotopic (exact) mass is 293 g/mol. The van der Waals surface area contributed by atoms with Crippen molar-refractivity contribution in [1.29, 1.82) is 0 Å². The molecule has 2 aromatic rings. The number of nitrogens with one attached hydrogen (secondary N) is 2. The summed E-state index contributed by atoms with van der Waals surface area (Å²) in [7, 11) is 0. The predicted molar refractivity (Wildman–Crippen MR) is 82.0 cm³/mol. The molecular weight excluding hydrogens is 278 g/mol. The van der Waals surface area contributed by atoms with Crippen LogP contribution in [0.4, 0.5) is 0 Å². The Morgan fingerprint density at radius 3 is 3.21 bits per heavy atom. The molecule has 1 aliphatic rings. The van der Waals surface area contributed by atoms with Crippen LogP contribution in [0.2, 0.25) is 0 Å². The van der Waals surface area contributed by atoms with Crippen LogP contribution in [-0.2, 0) is 0 Å². The third kappa shape index (κ3) is 3.06. The van der Waals surface area contributed by atoms with Crippen LogP contribution in [0.5, 0.6) is 0 Å². The molecule has 19 heavy (non-hydrogen) atoms. The van der Waals surface area contributed by atoms with E-state index >= 15 is 0 Å². The number of aromatic amines is 1. The summed E-state index contributed by atoms with van der Waals surface area (Å²) >= 11 is 3.90. The van der Waals surface area contributed by atoms with E-state index in [2.05, 4.69) is 15.3 Å². The third-order valence-electron chi connectivity index (χ3n) is 3.02. The maximum absolute atomic E-state index is 12.0. The van der Waals surface area contributed by atoms with Gasteiger partial charge >= 0.3 is 0 Å². The molecule has 6 heteroatoms. The summed E-state index contributed by atoms with van der Waals surface area (Å²) in [6.45, 7) is 0.723. The van der Waals surface area contributed by atoms with Crippen molar-refractivity contribution >= 4 is 40.5 Å². The lowest BCUT2D eigenvalue weighted by atomic mass is 10.3. The first-order valence-corrected chi connectivity index (χ1v) is 8.45. The maximum Gasteiger partial charge on any atom is 0.270 e. The number of hydrogen-bond donors (Lipinski definition) is 2. The van der Waals surface area contributed by atoms with Gasteiger partial charge < -0.3 is 10.3 Å². The number of fused-ring (bicyclic) bond motifs is 1. The standard InChI is InChI=1S/C13H15N3OS2/c17-13(15-7-10-8-18-5-6-19-10)11-2-1-9-3-4-14-12(9)16-11/h1-4,10H,5-8H2,(H,14,16)(H,15,17). The average molecular weight is 293 g/mol. The number of hydrogen-bond acceptors (Lipinski definition) is 4. The Morgan fingerprint density at radius 1 is 1.42 bits per heavy atom. The molecule has 3 heterocycles. The molecule has 0 spiro atoms. The molecular formula is C13H15N3OS2. The normalized spacial score (nSPS) is 19.5. The Labute approximate surface area is 120 Å². The van der Waals surface area contributed by atoms with E-state index in [1.54, 1.807) is 6.07 Å². The molecule has 0 bridgehead atoms. The van der Waals surface area contributed by atoms with Gasteiger partial charge in [-0.2, -0.15) is 23.5 Å². The van der Waals surface area contributed by atoms with Crippen LogP contribution < -0.4 is 5.32 Å². The van der Waals surface area contributed by atoms with E-state index in [4.69, 9.17) is 0 Å². The highest BCUT2D eigenvalue weighted by molar-refractivity contribution is 8.06. The number of carbonyl (C=O) groups is 1. The number of carbonyl (C=O) groups excluding carboxylic acids is 1. The summed E-state index contributed by atoms with van der Waals surface area (Å²) in [5.41, 5.74) is 1.23. The van der Waals surface area contributed by atoms with Crippen molar-refractivity contribution in [2.45, 2.75) is 5.25 Å². The van der Waals surface area contributed by atoms with Crippen LogP contribution in [0.3, 0.4) is 0 Å². The molecule has 0 saturated carbocycles. The zero-order valence-corrected chi connectivity index (χ0v) is 12.0. The van der Waals surface area contributed by atoms with Crippen LogP contribution in [0.15, 0.2) is 24.4 Å². The smallest absolute Gasteiger partial charge is 0.270 e. The minimum Gasteiger partial charge on any atom is -0.350 e. The first-order chi connectivity index (χ1) is 9.33. The molecule has 1 aliphatic heterocycles. The van der Waals surface area contributed by atoms with Crippen molar-refractivity contribution in [2.24, 2.45) is 0 Å². The van der Waals surface area contributed by atoms with Crippen molar-refractivity contribution in [1.82, 2.24) is 15.3 Å². The first-order valence-electron chi connectivity index (χ1n) is 6.24. The van der Waals surface area contributed by atoms with Crippen LogP contribution in [0.25, 0.3) is 11.0 Å². The van der Waals surface area contributed by atoms with Crippen molar-refractivity contribution < 1.29 is 4.79 Å². The second kappa shape index (κ2) is 5.88. The van der Waals surface area contributed by atoms with E-state index in [-0.39, 0.29) is 5.91 Å². The second-order valence-corrected chi connectivity index (χ2v) is 6.95. The van der Waals surface area contributed by atoms with E-state index in [9.17, 15) is 4.79 Å². The predicted octanol–water partition coefficient (Wildman–Crippen LogP) is 2.14. The summed E-state index contributed by atoms with van der Waals surface area (Å²) in [5, 5.41) is 4.52. The summed E-state index contributed by atoms with van der Waals surface area (Å²) in [4.78, 5) is 19.4. The fourth-order valence-corrected chi connectivity index (χ4v) is 4.62. The van der Waals surface area contributed by atoms with Gasteiger partial charge in [0, 0.05) is 40.6 Å². The van der Waals surface area contributed by atoms with Gasteiger partial charge in [0.2, 0.25) is 0 Å². The van der Waals surface area contributed by atoms with E-state index < -0.39 is 0 Å². The lowest BCUT2D eigenvalue weighted by Crippen LogP contribution is -2.33. The number of rotatable bonds is 3. The molecule has 100 valence electrons. The van der Waals surface area contributed by atoms with Gasteiger partial charge in [0.15, 0.2) is 0 Å². The largest absolute Gasteiger partial charge is 0.350 e. The Balaban J connectivity index is 1.62. The summed E-state index contributed by atoms with van der Waals surface area (Å²) in [5.74, 6) is 3.43. The average Bonchev–Trinajstić information content (AvgIpc) is 2.93. The Hall–Kier alpha value is -1.14. The second-order valence-electron chi connectivity index (χ2n) is 4.39. The third-order valence-corrected chi connectivity index (χ3v) is 5.86. The van der Waals surface area contributed by atoms with Crippen LogP contribution in [-0.4, -0.2) is 44.9 Å². The topological polar surface area (TPSA) is 57.8 Å². The highest BCUT2D eigenvalue weighted by Gasteiger charge is 2.16. The fourth-order valence-electron chi connectivity index (χ4n) is 2.01. The first kappa shape index (κ1) is 12.9. The van der Waals surface area contributed by atoms with Crippen molar-refractivity contribution in [3.05, 3.63) is 30.1 Å². The van der Waals surface area contributed by atoms with Crippen LogP contribution in [0.1, 0.15) is 10.5 Å². The van der Waals surface area contributed by atoms with Crippen LogP contribution in [0, 0.1) is 0 Å². The molecule has 2 N–H and O–H groups in total. The lowest BCUT2D eigenvalue weighted by Gasteiger charge is -2.20. The highest BCUT2D eigenvalue weighted by Crippen LogP contribution is 2.23. The van der Waals surface area contributed by atoms with Gasteiger partial charge in [-0.15, -0.1) is 0 Å². The Bertz CT molecular complexity index is 578. The molecule has 1 saturated heterocycles. The number of aromatic nitrogens is 2. The van der Waals surface area contributed by atoms with E-state index in [0.29, 0.717) is 10.9 Å². The minimum atomic E-state index is -0.0901. The summed E-state index contributed by atoms with van der Waals surface area (Å²) in [6.07, 6.45) is 1.83. The molecule has 1 fully saturated rings. The van der Waals surface area contributed by atoms with E-state index in [0.717, 1.165) is 23.3 Å². The lowest BCUT2D eigenvalue weighted by molar-refractivity contribution is 0.0949. The van der Waals surface area contributed by atoms with Gasteiger partial charge in [-0.3, -0.25) is 4.79 Å². The number of H-pyrrole nitrogens is 1. The number of nitrogens with zero attached hydrogens (tertiary/aromatic N) is 1. The van der Waals surface area contributed by atoms with Crippen molar-refractivity contribution in [3.63, 3.8) is 0 Å². The summed E-state index contributed by atoms with van der Waals surface area (Å²) in [6, 6.07) is 5.63. The van der Waals surface area contributed by atoms with Gasteiger partial charge in [0.25, 0.3) is 5.91 Å². The van der Waals surface area contributed by atoms with Gasteiger partial charge in [-0.1, -0.05) is 0 Å². The molecule has 0 aromatic carbocycles. The van der Waals surface area contributed by atoms with Gasteiger partial charge in [0.05, 0.1) is 0 Å². The maximum atomic E-state index is 12.0. The highest BCUT2D eigenvalue weighted by atomic mass is 32.2. The molecule has 1 atom stereocenters. The Kier molecular flexibility index (Phi) is 3.98. The van der Waals surface area contributed by atoms with Crippen LogP contribution >= 0.6 is 23.5 Å². The van der Waals surface area contributed by atoms with E-state index in [1.807, 2.05) is 41.9 Å². The molecule has 1 unspecified atom stereocenters. The van der Waals surface area contributed by atoms with Crippen molar-refractivity contribution in [2.75, 3.05) is 23.8 Å². The zero-order chi connectivity index (χ0) is 13.1. The zero-order valence-electron chi connectivity index (χ0n) is 10.4. The molecule has 3 rings (SSSR count). The molecule has 0 radical (unpaired) electrons.